The Labute approximate surface area is 122 Å². The molecule has 18 heavy (non-hydrogen) atoms. The van der Waals surface area contributed by atoms with E-state index >= 15 is 0 Å². The van der Waals surface area contributed by atoms with Gasteiger partial charge in [-0.1, -0.05) is 24.0 Å². The van der Waals surface area contributed by atoms with Gasteiger partial charge in [0, 0.05) is 46.2 Å². The molecule has 0 aromatic carbocycles. The monoisotopic (exact) mass is 311 g/mol. The van der Waals surface area contributed by atoms with E-state index in [1.54, 1.807) is 33.1 Å². The Kier molecular flexibility index (Phi) is 10.4. The molecule has 7 heteroatoms. The van der Waals surface area contributed by atoms with Crippen LogP contribution in [-0.4, -0.2) is 58.2 Å². The topological polar surface area (TPSA) is 30.9 Å². The van der Waals surface area contributed by atoms with Gasteiger partial charge in [-0.05, 0) is 20.3 Å². The molecule has 0 aromatic heterocycles. The minimum atomic E-state index is -2.40. The quantitative estimate of drug-likeness (QED) is 0.370. The van der Waals surface area contributed by atoms with Gasteiger partial charge in [-0.25, -0.2) is 0 Å². The lowest BCUT2D eigenvalue weighted by atomic mass is 10.6. The highest BCUT2D eigenvalue weighted by Crippen LogP contribution is 2.18. The molecule has 0 saturated carbocycles. The average Bonchev–Trinajstić information content (AvgIpc) is 2.41. The highest BCUT2D eigenvalue weighted by Gasteiger charge is 2.36. The lowest BCUT2D eigenvalue weighted by Gasteiger charge is -2.24. The molecule has 0 unspecified atom stereocenters. The summed E-state index contributed by atoms with van der Waals surface area (Å²) in [6, 6.07) is 0.824. The van der Waals surface area contributed by atoms with E-state index in [2.05, 4.69) is 18.7 Å². The van der Waals surface area contributed by atoms with E-state index in [1.165, 1.54) is 0 Å². The molecule has 0 aliphatic heterocycles. The van der Waals surface area contributed by atoms with Crippen LogP contribution in [0.1, 0.15) is 20.3 Å². The maximum Gasteiger partial charge on any atom is 0.500 e. The Morgan fingerprint density at radius 1 is 1.11 bits per heavy atom. The lowest BCUT2D eigenvalue weighted by Crippen LogP contribution is -2.42. The van der Waals surface area contributed by atoms with Crippen LogP contribution in [0.2, 0.25) is 6.04 Å². The van der Waals surface area contributed by atoms with Crippen LogP contribution in [0.25, 0.3) is 0 Å². The zero-order valence-electron chi connectivity index (χ0n) is 12.0. The summed E-state index contributed by atoms with van der Waals surface area (Å²) in [6.45, 7) is 6.18. The molecule has 0 amide bonds. The lowest BCUT2D eigenvalue weighted by molar-refractivity contribution is 0.123. The first-order valence-electron chi connectivity index (χ1n) is 6.16. The molecule has 4 nitrogen and oxygen atoms in total. The average molecular weight is 312 g/mol. The number of hydrogen-bond donors (Lipinski definition) is 0. The van der Waals surface area contributed by atoms with Crippen molar-refractivity contribution in [3.63, 3.8) is 0 Å². The second-order valence-electron chi connectivity index (χ2n) is 3.69. The van der Waals surface area contributed by atoms with Crippen LogP contribution in [0.15, 0.2) is 0 Å². The first-order chi connectivity index (χ1) is 8.59. The maximum atomic E-state index is 5.38. The third-order valence-corrected chi connectivity index (χ3v) is 7.25. The molecule has 0 saturated heterocycles. The largest absolute Gasteiger partial charge is 0.500 e. The van der Waals surface area contributed by atoms with Crippen LogP contribution >= 0.6 is 24.0 Å². The molecule has 0 aromatic rings. The summed E-state index contributed by atoms with van der Waals surface area (Å²) in [5.74, 6) is 0.972. The van der Waals surface area contributed by atoms with Gasteiger partial charge >= 0.3 is 8.80 Å². The Morgan fingerprint density at radius 2 is 1.61 bits per heavy atom. The van der Waals surface area contributed by atoms with Crippen molar-refractivity contribution in [3.05, 3.63) is 0 Å². The van der Waals surface area contributed by atoms with E-state index < -0.39 is 8.80 Å². The van der Waals surface area contributed by atoms with Gasteiger partial charge in [-0.15, -0.1) is 0 Å². The van der Waals surface area contributed by atoms with Gasteiger partial charge in [0.25, 0.3) is 0 Å². The van der Waals surface area contributed by atoms with Gasteiger partial charge in [0.05, 0.1) is 0 Å². The van der Waals surface area contributed by atoms with Crippen molar-refractivity contribution in [3.8, 4) is 0 Å². The van der Waals surface area contributed by atoms with Crippen LogP contribution < -0.4 is 0 Å². The van der Waals surface area contributed by atoms with Crippen molar-refractivity contribution in [2.45, 2.75) is 26.3 Å². The van der Waals surface area contributed by atoms with Crippen LogP contribution in [0.5, 0.6) is 0 Å². The second-order valence-corrected chi connectivity index (χ2v) is 8.51. The molecule has 0 spiro atoms. The standard InChI is InChI=1S/C11H25NO3S2Si/c1-6-12(7-2)11(16)17-9-8-10-18(13-3,14-4)15-5/h6-10H2,1-5H3. The van der Waals surface area contributed by atoms with Crippen molar-refractivity contribution < 1.29 is 13.3 Å². The molecule has 0 atom stereocenters. The van der Waals surface area contributed by atoms with Crippen LogP contribution in [0, 0.1) is 0 Å². The smallest absolute Gasteiger partial charge is 0.377 e. The second kappa shape index (κ2) is 10.2. The zero-order chi connectivity index (χ0) is 14.0. The number of nitrogens with zero attached hydrogens (tertiary/aromatic N) is 1. The minimum Gasteiger partial charge on any atom is -0.377 e. The van der Waals surface area contributed by atoms with Gasteiger partial charge in [0.2, 0.25) is 0 Å². The summed E-state index contributed by atoms with van der Waals surface area (Å²) in [6.07, 6.45) is 0.980. The number of rotatable bonds is 9. The highest BCUT2D eigenvalue weighted by molar-refractivity contribution is 8.22. The molecule has 0 bridgehead atoms. The van der Waals surface area contributed by atoms with Crippen molar-refractivity contribution in [1.82, 2.24) is 4.90 Å². The Hall–Kier alpha value is 0.337. The van der Waals surface area contributed by atoms with Crippen LogP contribution in [-0.2, 0) is 13.3 Å². The number of thioether (sulfide) groups is 1. The maximum absolute atomic E-state index is 5.38. The normalized spacial score (nSPS) is 11.6. The fraction of sp³-hybridized carbons (Fsp3) is 0.909. The molecule has 0 radical (unpaired) electrons. The zero-order valence-corrected chi connectivity index (χ0v) is 14.7. The van der Waals surface area contributed by atoms with Crippen LogP contribution in [0.4, 0.5) is 0 Å². The summed E-state index contributed by atoms with van der Waals surface area (Å²) < 4.78 is 17.1. The molecular formula is C11H25NO3S2Si. The van der Waals surface area contributed by atoms with Crippen molar-refractivity contribution in [2.75, 3.05) is 40.2 Å². The van der Waals surface area contributed by atoms with E-state index in [1.807, 2.05) is 0 Å². The number of thiocarbonyl (C=S) groups is 1. The predicted molar refractivity (Wildman–Crippen MR) is 84.2 cm³/mol. The van der Waals surface area contributed by atoms with E-state index in [-0.39, 0.29) is 0 Å². The Bertz CT molecular complexity index is 228. The molecule has 0 N–H and O–H groups in total. The Balaban J connectivity index is 3.95. The van der Waals surface area contributed by atoms with E-state index in [0.29, 0.717) is 0 Å². The van der Waals surface area contributed by atoms with Gasteiger partial charge in [0.15, 0.2) is 0 Å². The van der Waals surface area contributed by atoms with Crippen molar-refractivity contribution >= 4 is 37.1 Å². The highest BCUT2D eigenvalue weighted by atomic mass is 32.2. The summed E-state index contributed by atoms with van der Waals surface area (Å²) in [7, 11) is 2.53. The molecule has 0 fully saturated rings. The third-order valence-electron chi connectivity index (χ3n) is 2.81. The Morgan fingerprint density at radius 3 is 2.00 bits per heavy atom. The van der Waals surface area contributed by atoms with Gasteiger partial charge in [-0.3, -0.25) is 0 Å². The van der Waals surface area contributed by atoms with Gasteiger partial charge in [0.1, 0.15) is 4.32 Å². The number of hydrogen-bond acceptors (Lipinski definition) is 5. The summed E-state index contributed by atoms with van der Waals surface area (Å²) in [5, 5.41) is 0. The van der Waals surface area contributed by atoms with Crippen LogP contribution in [0.3, 0.4) is 0 Å². The molecule has 108 valence electrons. The molecule has 0 aliphatic rings. The van der Waals surface area contributed by atoms with Gasteiger partial charge < -0.3 is 18.2 Å². The van der Waals surface area contributed by atoms with Crippen molar-refractivity contribution in [2.24, 2.45) is 0 Å². The fourth-order valence-electron chi connectivity index (χ4n) is 1.58. The van der Waals surface area contributed by atoms with Gasteiger partial charge in [-0.2, -0.15) is 0 Å². The first-order valence-corrected chi connectivity index (χ1v) is 9.48. The third kappa shape index (κ3) is 5.99. The molecule has 0 rings (SSSR count). The molecule has 0 aliphatic carbocycles. The summed E-state index contributed by atoms with van der Waals surface area (Å²) >= 11 is 7.09. The first kappa shape index (κ1) is 18.3. The summed E-state index contributed by atoms with van der Waals surface area (Å²) in [4.78, 5) is 2.19. The minimum absolute atomic E-state index is 0.824. The SMILES string of the molecule is CCN(CC)C(=S)SCCC[Si](OC)(OC)OC. The fourth-order valence-corrected chi connectivity index (χ4v) is 4.97. The summed E-state index contributed by atoms with van der Waals surface area (Å²) in [5.41, 5.74) is 0. The van der Waals surface area contributed by atoms with E-state index in [4.69, 9.17) is 25.5 Å². The van der Waals surface area contributed by atoms with Crippen molar-refractivity contribution in [1.29, 1.82) is 0 Å². The predicted octanol–water partition coefficient (Wildman–Crippen LogP) is 2.61. The molecule has 0 heterocycles. The van der Waals surface area contributed by atoms with E-state index in [0.717, 1.165) is 35.6 Å². The molecular weight excluding hydrogens is 286 g/mol. The van der Waals surface area contributed by atoms with E-state index in [9.17, 15) is 0 Å².